The third-order valence-electron chi connectivity index (χ3n) is 4.22. The largest absolute Gasteiger partial charge is 0.461 e. The highest BCUT2D eigenvalue weighted by molar-refractivity contribution is 5.81. The fourth-order valence-corrected chi connectivity index (χ4v) is 2.68. The second-order valence-electron chi connectivity index (χ2n) is 8.16. The number of nitro groups is 1. The van der Waals surface area contributed by atoms with Crippen molar-refractivity contribution >= 4 is 18.0 Å². The molecule has 0 radical (unpaired) electrons. The average Bonchev–Trinajstić information content (AvgIpc) is 2.68. The molecule has 1 heterocycles. The van der Waals surface area contributed by atoms with E-state index in [0.29, 0.717) is 0 Å². The number of hydrogen-bond acceptors (Lipinski definition) is 11. The highest BCUT2D eigenvalue weighted by Gasteiger charge is 2.43. The molecule has 0 aromatic rings. The number of nitrogens with zero attached hydrogens (tertiary/aromatic N) is 2. The minimum Gasteiger partial charge on any atom is -0.461 e. The average molecular weight is 481 g/mol. The smallest absolute Gasteiger partial charge is 0.408 e. The predicted octanol–water partition coefficient (Wildman–Crippen LogP) is -2.90. The third kappa shape index (κ3) is 10.1. The first-order valence-electron chi connectivity index (χ1n) is 9.97. The lowest BCUT2D eigenvalue weighted by Gasteiger charge is -2.38. The zero-order valence-electron chi connectivity index (χ0n) is 18.4. The molecule has 0 saturated carbocycles. The first-order valence-corrected chi connectivity index (χ1v) is 9.97. The molecule has 0 aromatic carbocycles. The van der Waals surface area contributed by atoms with Crippen molar-refractivity contribution in [2.24, 2.45) is 10.8 Å². The summed E-state index contributed by atoms with van der Waals surface area (Å²) in [5.74, 6) is -1.39. The van der Waals surface area contributed by atoms with Crippen LogP contribution in [-0.4, -0.2) is 99.0 Å². The normalized spacial score (nSPS) is 26.8. The van der Waals surface area contributed by atoms with Gasteiger partial charge in [-0.05, 0) is 33.6 Å². The Bertz CT molecular complexity index is 714. The number of alkyl carbamates (subject to hydrolysis) is 1. The Morgan fingerprint density at radius 2 is 1.85 bits per heavy atom. The summed E-state index contributed by atoms with van der Waals surface area (Å²) in [4.78, 5) is 34.9. The number of ether oxygens (including phenoxy) is 3. The number of aliphatic hydroxyl groups is 4. The fraction of sp³-hybridized carbons (Fsp3) is 0.824. The summed E-state index contributed by atoms with van der Waals surface area (Å²) in [6, 6.07) is -1.23. The van der Waals surface area contributed by atoms with Crippen LogP contribution in [0.1, 0.15) is 33.6 Å². The summed E-state index contributed by atoms with van der Waals surface area (Å²) in [6.45, 7) is 4.33. The summed E-state index contributed by atoms with van der Waals surface area (Å²) < 4.78 is 15.1. The number of hydrogen-bond donors (Lipinski definition) is 7. The van der Waals surface area contributed by atoms with E-state index < -0.39 is 72.0 Å². The Hall–Kier alpha value is -2.79. The zero-order chi connectivity index (χ0) is 25.3. The number of carbonyl (C=O) groups is 2. The molecule has 8 N–H and O–H groups in total. The summed E-state index contributed by atoms with van der Waals surface area (Å²) >= 11 is 0. The summed E-state index contributed by atoms with van der Waals surface area (Å²) in [7, 11) is 0. The van der Waals surface area contributed by atoms with Crippen LogP contribution in [0.5, 0.6) is 0 Å². The number of aliphatic hydroxyl groups excluding tert-OH is 4. The lowest BCUT2D eigenvalue weighted by molar-refractivity contribution is -0.485. The van der Waals surface area contributed by atoms with Gasteiger partial charge < -0.3 is 51.0 Å². The molecule has 0 bridgehead atoms. The van der Waals surface area contributed by atoms with E-state index in [4.69, 9.17) is 19.9 Å². The number of amides is 1. The lowest BCUT2D eigenvalue weighted by atomic mass is 9.99. The van der Waals surface area contributed by atoms with E-state index in [0.717, 1.165) is 0 Å². The van der Waals surface area contributed by atoms with Crippen LogP contribution >= 0.6 is 0 Å². The van der Waals surface area contributed by atoms with E-state index in [1.54, 1.807) is 20.8 Å². The molecular weight excluding hydrogens is 450 g/mol. The maximum Gasteiger partial charge on any atom is 0.408 e. The van der Waals surface area contributed by atoms with E-state index in [9.17, 15) is 40.1 Å². The van der Waals surface area contributed by atoms with Crippen LogP contribution in [0.3, 0.4) is 0 Å². The van der Waals surface area contributed by atoms with Crippen LogP contribution in [0.25, 0.3) is 0 Å². The minimum absolute atomic E-state index is 0.00510. The van der Waals surface area contributed by atoms with Crippen molar-refractivity contribution in [1.82, 2.24) is 10.6 Å². The number of hydrazone groups is 1. The molecule has 33 heavy (non-hydrogen) atoms. The van der Waals surface area contributed by atoms with Crippen LogP contribution in [0.2, 0.25) is 0 Å². The Balaban J connectivity index is 2.71. The highest BCUT2D eigenvalue weighted by Crippen LogP contribution is 2.20. The zero-order valence-corrected chi connectivity index (χ0v) is 18.4. The van der Waals surface area contributed by atoms with Crippen LogP contribution in [0.4, 0.5) is 4.79 Å². The molecule has 1 saturated heterocycles. The third-order valence-corrected chi connectivity index (χ3v) is 4.22. The molecule has 0 spiro atoms. The maximum absolute atomic E-state index is 12.5. The molecule has 0 aliphatic carbocycles. The predicted molar refractivity (Wildman–Crippen MR) is 109 cm³/mol. The molecule has 1 aliphatic heterocycles. The van der Waals surface area contributed by atoms with E-state index in [-0.39, 0.29) is 19.4 Å². The molecule has 0 aromatic heterocycles. The van der Waals surface area contributed by atoms with Crippen LogP contribution in [0, 0.1) is 10.1 Å². The van der Waals surface area contributed by atoms with Gasteiger partial charge in [-0.1, -0.05) is 0 Å². The highest BCUT2D eigenvalue weighted by atomic mass is 16.7. The van der Waals surface area contributed by atoms with Gasteiger partial charge in [-0.15, -0.1) is 0 Å². The van der Waals surface area contributed by atoms with E-state index in [1.807, 2.05) is 0 Å². The van der Waals surface area contributed by atoms with Crippen molar-refractivity contribution in [3.63, 3.8) is 0 Å². The van der Waals surface area contributed by atoms with Gasteiger partial charge in [-0.2, -0.15) is 0 Å². The molecule has 190 valence electrons. The summed E-state index contributed by atoms with van der Waals surface area (Å²) in [5, 5.41) is 55.6. The minimum atomic E-state index is -1.81. The summed E-state index contributed by atoms with van der Waals surface area (Å²) in [5.41, 5.74) is 4.45. The van der Waals surface area contributed by atoms with Gasteiger partial charge in [0.2, 0.25) is 0 Å². The number of esters is 1. The topological polar surface area (TPSA) is 248 Å². The Morgan fingerprint density at radius 3 is 2.42 bits per heavy atom. The van der Waals surface area contributed by atoms with Crippen LogP contribution in [0.15, 0.2) is 5.10 Å². The second kappa shape index (κ2) is 12.4. The fourth-order valence-electron chi connectivity index (χ4n) is 2.68. The number of nitrogens with one attached hydrogen (secondary N) is 2. The molecular formula is C17H31N5O11. The quantitative estimate of drug-likeness (QED) is 0.0436. The van der Waals surface area contributed by atoms with Gasteiger partial charge >= 0.3 is 12.1 Å². The molecule has 6 atom stereocenters. The number of carbonyl (C=O) groups excluding carboxylic acids is 2. The molecule has 16 heteroatoms. The van der Waals surface area contributed by atoms with Gasteiger partial charge in [0.15, 0.2) is 11.3 Å². The second-order valence-corrected chi connectivity index (χ2v) is 8.16. The first-order chi connectivity index (χ1) is 15.2. The number of nitrogens with two attached hydrogens (primary N) is 1. The Labute approximate surface area is 188 Å². The van der Waals surface area contributed by atoms with Gasteiger partial charge in [0, 0.05) is 6.54 Å². The van der Waals surface area contributed by atoms with E-state index in [1.165, 1.54) is 0 Å². The summed E-state index contributed by atoms with van der Waals surface area (Å²) in [6.07, 6.45) is -9.00. The Morgan fingerprint density at radius 1 is 1.21 bits per heavy atom. The van der Waals surface area contributed by atoms with Gasteiger partial charge in [0.1, 0.15) is 47.8 Å². The van der Waals surface area contributed by atoms with Crippen molar-refractivity contribution in [2.45, 2.75) is 76.0 Å². The molecule has 1 fully saturated rings. The van der Waals surface area contributed by atoms with Crippen LogP contribution in [-0.2, 0) is 19.0 Å². The van der Waals surface area contributed by atoms with Crippen molar-refractivity contribution in [3.05, 3.63) is 10.1 Å². The van der Waals surface area contributed by atoms with E-state index >= 15 is 0 Å². The van der Waals surface area contributed by atoms with Gasteiger partial charge in [-0.3, -0.25) is 0 Å². The Kier molecular flexibility index (Phi) is 10.7. The standard InChI is InChI=1S/C17H31N5O11/c1-17(2,3)33-16(28)20-8(5-4-6-19-15(18)21-22(29)30)13(26)31-7-9-10(23)11(24)12(25)14(27)32-9/h8-12,14,23-25,27H,4-7H2,1-3H3,(H,20,28)(H3,18,19,21)/t8-,9-,10+,11+,12-,14+/m1/s1. The van der Waals surface area contributed by atoms with Crippen LogP contribution < -0.4 is 16.4 Å². The molecule has 1 rings (SSSR count). The van der Waals surface area contributed by atoms with Crippen molar-refractivity contribution in [1.29, 1.82) is 0 Å². The molecule has 1 aliphatic rings. The van der Waals surface area contributed by atoms with Gasteiger partial charge in [0.25, 0.3) is 5.96 Å². The molecule has 16 nitrogen and oxygen atoms in total. The van der Waals surface area contributed by atoms with Crippen molar-refractivity contribution in [3.8, 4) is 0 Å². The SMILES string of the molecule is CC(C)(C)OC(=O)N[C@H](CCCN/C(N)=N/[N+](=O)[O-])C(=O)OC[C@H]1O[C@H](O)[C@H](O)[C@@H](O)[C@H]1O. The number of rotatable bonds is 9. The van der Waals surface area contributed by atoms with E-state index in [2.05, 4.69) is 15.7 Å². The number of guanidine groups is 1. The van der Waals surface area contributed by atoms with Gasteiger partial charge in [0.05, 0.1) is 0 Å². The molecule has 1 amide bonds. The van der Waals surface area contributed by atoms with Crippen molar-refractivity contribution in [2.75, 3.05) is 13.2 Å². The van der Waals surface area contributed by atoms with Crippen molar-refractivity contribution < 1.29 is 49.3 Å². The molecule has 0 unspecified atom stereocenters. The lowest BCUT2D eigenvalue weighted by Crippen LogP contribution is -2.59. The first kappa shape index (κ1) is 28.2. The monoisotopic (exact) mass is 481 g/mol. The maximum atomic E-state index is 12.5. The van der Waals surface area contributed by atoms with Gasteiger partial charge in [-0.25, -0.2) is 19.7 Å².